The molecule has 0 aliphatic carbocycles. The molecule has 2 aromatic carbocycles. The van der Waals surface area contributed by atoms with Gasteiger partial charge in [0.05, 0.1) is 6.54 Å². The first-order valence-electron chi connectivity index (χ1n) is 7.74. The number of hydrogen-bond donors (Lipinski definition) is 1. The van der Waals surface area contributed by atoms with Gasteiger partial charge in [0, 0.05) is 5.56 Å². The zero-order valence-corrected chi connectivity index (χ0v) is 13.3. The summed E-state index contributed by atoms with van der Waals surface area (Å²) < 4.78 is 0. The van der Waals surface area contributed by atoms with Crippen molar-refractivity contribution in [2.24, 2.45) is 0 Å². The lowest BCUT2D eigenvalue weighted by atomic mass is 10.0. The number of aromatic nitrogens is 4. The third-order valence-corrected chi connectivity index (χ3v) is 3.81. The quantitative estimate of drug-likeness (QED) is 0.786. The third-order valence-electron chi connectivity index (χ3n) is 3.81. The normalized spacial score (nSPS) is 12.5. The molecule has 0 fully saturated rings. The predicted molar refractivity (Wildman–Crippen MR) is 88.7 cm³/mol. The lowest BCUT2D eigenvalue weighted by Gasteiger charge is -2.09. The van der Waals surface area contributed by atoms with E-state index in [4.69, 9.17) is 0 Å². The minimum Gasteiger partial charge on any atom is -0.386 e. The molecule has 1 aromatic heterocycles. The highest BCUT2D eigenvalue weighted by Gasteiger charge is 2.12. The molecule has 0 saturated carbocycles. The molecule has 1 N–H and O–H groups in total. The molecule has 1 heterocycles. The Hall–Kier alpha value is -2.53. The fraction of sp³-hybridized carbons (Fsp3) is 0.278. The number of rotatable bonds is 5. The number of benzene rings is 2. The van der Waals surface area contributed by atoms with Gasteiger partial charge < -0.3 is 5.11 Å². The molecule has 1 atom stereocenters. The average Bonchev–Trinajstić information content (AvgIpc) is 3.04. The first-order valence-corrected chi connectivity index (χ1v) is 7.74. The molecule has 0 amide bonds. The highest BCUT2D eigenvalue weighted by atomic mass is 16.3. The van der Waals surface area contributed by atoms with Gasteiger partial charge >= 0.3 is 0 Å². The Labute approximate surface area is 135 Å². The Bertz CT molecular complexity index is 750. The second-order valence-corrected chi connectivity index (χ2v) is 5.87. The number of aliphatic hydroxyl groups is 1. The second-order valence-electron chi connectivity index (χ2n) is 5.87. The van der Waals surface area contributed by atoms with Gasteiger partial charge in [-0.2, -0.15) is 4.80 Å². The van der Waals surface area contributed by atoms with Crippen molar-refractivity contribution >= 4 is 0 Å². The lowest BCUT2D eigenvalue weighted by Crippen LogP contribution is -2.11. The van der Waals surface area contributed by atoms with Crippen LogP contribution in [0.25, 0.3) is 11.4 Å². The fourth-order valence-electron chi connectivity index (χ4n) is 2.39. The second kappa shape index (κ2) is 6.71. The van der Waals surface area contributed by atoms with Crippen molar-refractivity contribution < 1.29 is 5.11 Å². The van der Waals surface area contributed by atoms with Crippen LogP contribution in [0.2, 0.25) is 0 Å². The van der Waals surface area contributed by atoms with E-state index in [0.29, 0.717) is 11.7 Å². The highest BCUT2D eigenvalue weighted by Crippen LogP contribution is 2.20. The number of hydrogen-bond acceptors (Lipinski definition) is 4. The summed E-state index contributed by atoms with van der Waals surface area (Å²) in [6.45, 7) is 4.60. The maximum absolute atomic E-state index is 10.2. The molecule has 0 bridgehead atoms. The van der Waals surface area contributed by atoms with Crippen LogP contribution in [-0.4, -0.2) is 25.3 Å². The molecule has 0 aliphatic heterocycles. The van der Waals surface area contributed by atoms with Gasteiger partial charge in [0.25, 0.3) is 0 Å². The standard InChI is InChI=1S/C18H20N4O/c1-13(2)14-8-10-16(11-9-14)18-19-21-22(20-18)12-17(23)15-6-4-3-5-7-15/h3-11,13,17,23H,12H2,1-2H3. The summed E-state index contributed by atoms with van der Waals surface area (Å²) in [7, 11) is 0. The average molecular weight is 308 g/mol. The minimum absolute atomic E-state index is 0.279. The van der Waals surface area contributed by atoms with E-state index < -0.39 is 6.10 Å². The topological polar surface area (TPSA) is 63.8 Å². The molecule has 5 nitrogen and oxygen atoms in total. The molecule has 0 spiro atoms. The molecule has 3 rings (SSSR count). The van der Waals surface area contributed by atoms with E-state index in [1.165, 1.54) is 10.4 Å². The van der Waals surface area contributed by atoms with E-state index in [1.54, 1.807) is 0 Å². The summed E-state index contributed by atoms with van der Waals surface area (Å²) in [6, 6.07) is 17.7. The van der Waals surface area contributed by atoms with Gasteiger partial charge in [-0.3, -0.25) is 0 Å². The molecule has 0 radical (unpaired) electrons. The molecular weight excluding hydrogens is 288 g/mol. The van der Waals surface area contributed by atoms with E-state index in [9.17, 15) is 5.11 Å². The Morgan fingerprint density at radius 3 is 2.30 bits per heavy atom. The van der Waals surface area contributed by atoms with E-state index >= 15 is 0 Å². The van der Waals surface area contributed by atoms with Crippen LogP contribution in [0.4, 0.5) is 0 Å². The lowest BCUT2D eigenvalue weighted by molar-refractivity contribution is 0.144. The maximum Gasteiger partial charge on any atom is 0.204 e. The Morgan fingerprint density at radius 2 is 1.65 bits per heavy atom. The van der Waals surface area contributed by atoms with Crippen molar-refractivity contribution in [2.75, 3.05) is 0 Å². The maximum atomic E-state index is 10.2. The van der Waals surface area contributed by atoms with E-state index in [-0.39, 0.29) is 6.54 Å². The summed E-state index contributed by atoms with van der Waals surface area (Å²) in [6.07, 6.45) is -0.651. The summed E-state index contributed by atoms with van der Waals surface area (Å²) in [5.41, 5.74) is 3.04. The highest BCUT2D eigenvalue weighted by molar-refractivity contribution is 5.54. The first-order chi connectivity index (χ1) is 11.1. The van der Waals surface area contributed by atoms with Crippen LogP contribution in [0.15, 0.2) is 54.6 Å². The summed E-state index contributed by atoms with van der Waals surface area (Å²) in [5, 5.41) is 22.7. The van der Waals surface area contributed by atoms with Gasteiger partial charge in [-0.1, -0.05) is 68.4 Å². The van der Waals surface area contributed by atoms with Crippen LogP contribution >= 0.6 is 0 Å². The monoisotopic (exact) mass is 308 g/mol. The largest absolute Gasteiger partial charge is 0.386 e. The fourth-order valence-corrected chi connectivity index (χ4v) is 2.39. The zero-order chi connectivity index (χ0) is 16.2. The number of tetrazole rings is 1. The van der Waals surface area contributed by atoms with Crippen molar-refractivity contribution in [2.45, 2.75) is 32.4 Å². The summed E-state index contributed by atoms with van der Waals surface area (Å²) >= 11 is 0. The smallest absolute Gasteiger partial charge is 0.204 e. The Kier molecular flexibility index (Phi) is 4.48. The van der Waals surface area contributed by atoms with E-state index in [0.717, 1.165) is 11.1 Å². The van der Waals surface area contributed by atoms with Crippen LogP contribution < -0.4 is 0 Å². The molecule has 1 unspecified atom stereocenters. The minimum atomic E-state index is -0.651. The molecule has 23 heavy (non-hydrogen) atoms. The molecule has 5 heteroatoms. The van der Waals surface area contributed by atoms with Gasteiger partial charge in [-0.25, -0.2) is 0 Å². The SMILES string of the molecule is CC(C)c1ccc(-c2nnn(CC(O)c3ccccc3)n2)cc1. The van der Waals surface area contributed by atoms with Crippen molar-refractivity contribution in [3.8, 4) is 11.4 Å². The predicted octanol–water partition coefficient (Wildman–Crippen LogP) is 3.20. The molecule has 118 valence electrons. The Morgan fingerprint density at radius 1 is 0.957 bits per heavy atom. The van der Waals surface area contributed by atoms with Crippen LogP contribution in [0.1, 0.15) is 37.0 Å². The molecule has 3 aromatic rings. The summed E-state index contributed by atoms with van der Waals surface area (Å²) in [5.74, 6) is 1.06. The van der Waals surface area contributed by atoms with Gasteiger partial charge in [-0.05, 0) is 22.3 Å². The number of nitrogens with zero attached hydrogens (tertiary/aromatic N) is 4. The molecule has 0 aliphatic rings. The van der Waals surface area contributed by atoms with E-state index in [2.05, 4.69) is 41.4 Å². The van der Waals surface area contributed by atoms with Crippen molar-refractivity contribution in [3.05, 3.63) is 65.7 Å². The van der Waals surface area contributed by atoms with Crippen LogP contribution in [0, 0.1) is 0 Å². The van der Waals surface area contributed by atoms with Crippen LogP contribution in [0.3, 0.4) is 0 Å². The first kappa shape index (κ1) is 15.4. The van der Waals surface area contributed by atoms with Crippen molar-refractivity contribution in [3.63, 3.8) is 0 Å². The molecule has 0 saturated heterocycles. The van der Waals surface area contributed by atoms with Gasteiger partial charge in [-0.15, -0.1) is 10.2 Å². The van der Waals surface area contributed by atoms with Gasteiger partial charge in [0.2, 0.25) is 5.82 Å². The third kappa shape index (κ3) is 3.63. The molecular formula is C18H20N4O. The Balaban J connectivity index is 1.73. The van der Waals surface area contributed by atoms with Crippen LogP contribution in [-0.2, 0) is 6.54 Å². The van der Waals surface area contributed by atoms with Crippen molar-refractivity contribution in [1.29, 1.82) is 0 Å². The number of aliphatic hydroxyl groups excluding tert-OH is 1. The summed E-state index contributed by atoms with van der Waals surface area (Å²) in [4.78, 5) is 1.43. The van der Waals surface area contributed by atoms with Gasteiger partial charge in [0.1, 0.15) is 6.10 Å². The van der Waals surface area contributed by atoms with E-state index in [1.807, 2.05) is 42.5 Å². The van der Waals surface area contributed by atoms with Crippen LogP contribution in [0.5, 0.6) is 0 Å². The zero-order valence-electron chi connectivity index (χ0n) is 13.3. The van der Waals surface area contributed by atoms with Crippen molar-refractivity contribution in [1.82, 2.24) is 20.2 Å². The van der Waals surface area contributed by atoms with Gasteiger partial charge in [0.15, 0.2) is 0 Å².